The molecule has 0 bridgehead atoms. The molecule has 3 nitrogen and oxygen atoms in total. The van der Waals surface area contributed by atoms with E-state index in [1.165, 1.54) is 16.2 Å². The third kappa shape index (κ3) is 4.88. The molecule has 2 heterocycles. The summed E-state index contributed by atoms with van der Waals surface area (Å²) in [6.45, 7) is 10.9. The molecule has 1 unspecified atom stereocenters. The molecule has 1 atom stereocenters. The Morgan fingerprint density at radius 1 is 1.37 bits per heavy atom. The predicted molar refractivity (Wildman–Crippen MR) is 81.6 cm³/mol. The Balaban J connectivity index is 1.81. The summed E-state index contributed by atoms with van der Waals surface area (Å²) >= 11 is 1.92. The first-order chi connectivity index (χ1) is 8.96. The lowest BCUT2D eigenvalue weighted by Gasteiger charge is -2.19. The number of hydrogen-bond donors (Lipinski definition) is 1. The number of hydrogen-bond acceptors (Lipinski definition) is 4. The van der Waals surface area contributed by atoms with Crippen LogP contribution in [0.5, 0.6) is 0 Å². The molecule has 1 aromatic rings. The van der Waals surface area contributed by atoms with E-state index in [0.717, 1.165) is 26.2 Å². The van der Waals surface area contributed by atoms with Crippen molar-refractivity contribution in [1.82, 2.24) is 10.2 Å². The van der Waals surface area contributed by atoms with Gasteiger partial charge in [-0.1, -0.05) is 0 Å². The van der Waals surface area contributed by atoms with Gasteiger partial charge in [-0.25, -0.2) is 0 Å². The lowest BCUT2D eigenvalue weighted by Crippen LogP contribution is -2.34. The Labute approximate surface area is 121 Å². The highest BCUT2D eigenvalue weighted by molar-refractivity contribution is 7.11. The summed E-state index contributed by atoms with van der Waals surface area (Å²) < 4.78 is 5.41. The average Bonchev–Trinajstić information content (AvgIpc) is 2.95. The monoisotopic (exact) mass is 282 g/mol. The SMILES string of the molecule is COC1CCN(Cc2ccc(CNC(C)(C)C)s2)C1. The van der Waals surface area contributed by atoms with Crippen LogP contribution in [-0.2, 0) is 17.8 Å². The minimum absolute atomic E-state index is 0.185. The number of nitrogens with one attached hydrogen (secondary N) is 1. The van der Waals surface area contributed by atoms with Gasteiger partial charge in [-0.2, -0.15) is 0 Å². The summed E-state index contributed by atoms with van der Waals surface area (Å²) in [5.74, 6) is 0. The lowest BCUT2D eigenvalue weighted by molar-refractivity contribution is 0.107. The maximum Gasteiger partial charge on any atom is 0.0710 e. The zero-order chi connectivity index (χ0) is 13.9. The van der Waals surface area contributed by atoms with E-state index < -0.39 is 0 Å². The van der Waals surface area contributed by atoms with E-state index in [-0.39, 0.29) is 5.54 Å². The number of thiophene rings is 1. The van der Waals surface area contributed by atoms with Gasteiger partial charge in [-0.05, 0) is 39.3 Å². The zero-order valence-corrected chi connectivity index (χ0v) is 13.3. The second-order valence-corrected chi connectivity index (χ2v) is 7.61. The summed E-state index contributed by atoms with van der Waals surface area (Å²) in [5.41, 5.74) is 0.185. The van der Waals surface area contributed by atoms with Gasteiger partial charge in [0.2, 0.25) is 0 Å². The van der Waals surface area contributed by atoms with Gasteiger partial charge in [0.25, 0.3) is 0 Å². The van der Waals surface area contributed by atoms with Gasteiger partial charge in [0.1, 0.15) is 0 Å². The van der Waals surface area contributed by atoms with Crippen LogP contribution in [0.15, 0.2) is 12.1 Å². The maximum absolute atomic E-state index is 5.41. The average molecular weight is 282 g/mol. The topological polar surface area (TPSA) is 24.5 Å². The molecule has 2 rings (SSSR count). The fraction of sp³-hybridized carbons (Fsp3) is 0.733. The van der Waals surface area contributed by atoms with Crippen molar-refractivity contribution >= 4 is 11.3 Å². The van der Waals surface area contributed by atoms with Gasteiger partial charge in [-0.3, -0.25) is 4.90 Å². The number of ether oxygens (including phenoxy) is 1. The fourth-order valence-electron chi connectivity index (χ4n) is 2.31. The molecule has 1 fully saturated rings. The standard InChI is InChI=1S/C15H26N2OS/c1-15(2,3)16-9-13-5-6-14(19-13)11-17-8-7-12(10-17)18-4/h5-6,12,16H,7-11H2,1-4H3. The molecule has 1 N–H and O–H groups in total. The highest BCUT2D eigenvalue weighted by Crippen LogP contribution is 2.21. The number of nitrogens with zero attached hydrogens (tertiary/aromatic N) is 1. The first-order valence-corrected chi connectivity index (χ1v) is 7.86. The van der Waals surface area contributed by atoms with Crippen molar-refractivity contribution in [2.75, 3.05) is 20.2 Å². The van der Waals surface area contributed by atoms with Crippen LogP contribution < -0.4 is 5.32 Å². The van der Waals surface area contributed by atoms with E-state index >= 15 is 0 Å². The molecule has 19 heavy (non-hydrogen) atoms. The van der Waals surface area contributed by atoms with Crippen molar-refractivity contribution in [2.24, 2.45) is 0 Å². The minimum Gasteiger partial charge on any atom is -0.380 e. The summed E-state index contributed by atoms with van der Waals surface area (Å²) in [6.07, 6.45) is 1.60. The molecule has 0 radical (unpaired) electrons. The van der Waals surface area contributed by atoms with Crippen LogP contribution in [-0.4, -0.2) is 36.7 Å². The van der Waals surface area contributed by atoms with Crippen molar-refractivity contribution in [3.8, 4) is 0 Å². The van der Waals surface area contributed by atoms with Gasteiger partial charge >= 0.3 is 0 Å². The van der Waals surface area contributed by atoms with Crippen LogP contribution in [0, 0.1) is 0 Å². The summed E-state index contributed by atoms with van der Waals surface area (Å²) in [5, 5.41) is 3.54. The minimum atomic E-state index is 0.185. The molecule has 0 aliphatic carbocycles. The molecule has 0 aromatic carbocycles. The van der Waals surface area contributed by atoms with Crippen molar-refractivity contribution in [3.05, 3.63) is 21.9 Å². The molecule has 0 spiro atoms. The lowest BCUT2D eigenvalue weighted by atomic mass is 10.1. The Kier molecular flexibility index (Phi) is 5.01. The molecule has 0 saturated carbocycles. The highest BCUT2D eigenvalue weighted by atomic mass is 32.1. The van der Waals surface area contributed by atoms with Crippen LogP contribution in [0.2, 0.25) is 0 Å². The second kappa shape index (κ2) is 6.35. The van der Waals surface area contributed by atoms with Crippen LogP contribution >= 0.6 is 11.3 Å². The number of likely N-dealkylation sites (tertiary alicyclic amines) is 1. The van der Waals surface area contributed by atoms with E-state index in [0.29, 0.717) is 6.10 Å². The van der Waals surface area contributed by atoms with Crippen LogP contribution in [0.4, 0.5) is 0 Å². The third-order valence-corrected chi connectivity index (χ3v) is 4.52. The number of methoxy groups -OCH3 is 1. The fourth-order valence-corrected chi connectivity index (χ4v) is 3.31. The van der Waals surface area contributed by atoms with Crippen molar-refractivity contribution in [2.45, 2.75) is 51.9 Å². The Hall–Kier alpha value is -0.420. The largest absolute Gasteiger partial charge is 0.380 e. The molecule has 1 aliphatic rings. The van der Waals surface area contributed by atoms with Crippen LogP contribution in [0.25, 0.3) is 0 Å². The molecular formula is C15H26N2OS. The Morgan fingerprint density at radius 3 is 2.74 bits per heavy atom. The first-order valence-electron chi connectivity index (χ1n) is 7.04. The van der Waals surface area contributed by atoms with E-state index in [1.54, 1.807) is 0 Å². The van der Waals surface area contributed by atoms with Gasteiger partial charge in [0.15, 0.2) is 0 Å². The molecule has 4 heteroatoms. The smallest absolute Gasteiger partial charge is 0.0710 e. The predicted octanol–water partition coefficient (Wildman–Crippen LogP) is 2.86. The molecule has 1 aliphatic heterocycles. The van der Waals surface area contributed by atoms with Gasteiger partial charge < -0.3 is 10.1 Å². The highest BCUT2D eigenvalue weighted by Gasteiger charge is 2.22. The van der Waals surface area contributed by atoms with Gasteiger partial charge in [-0.15, -0.1) is 11.3 Å². The van der Waals surface area contributed by atoms with E-state index in [4.69, 9.17) is 4.74 Å². The zero-order valence-electron chi connectivity index (χ0n) is 12.5. The summed E-state index contributed by atoms with van der Waals surface area (Å²) in [7, 11) is 1.82. The molecule has 0 amide bonds. The van der Waals surface area contributed by atoms with E-state index in [2.05, 4.69) is 43.1 Å². The first kappa shape index (κ1) is 15.0. The summed E-state index contributed by atoms with van der Waals surface area (Å²) in [6, 6.07) is 4.52. The molecular weight excluding hydrogens is 256 g/mol. The van der Waals surface area contributed by atoms with Crippen molar-refractivity contribution in [3.63, 3.8) is 0 Å². The molecule has 1 saturated heterocycles. The summed E-state index contributed by atoms with van der Waals surface area (Å²) in [4.78, 5) is 5.37. The molecule has 108 valence electrons. The number of rotatable bonds is 5. The van der Waals surface area contributed by atoms with Crippen LogP contribution in [0.1, 0.15) is 36.9 Å². The Morgan fingerprint density at radius 2 is 2.11 bits per heavy atom. The van der Waals surface area contributed by atoms with E-state index in [1.807, 2.05) is 18.4 Å². The van der Waals surface area contributed by atoms with Crippen molar-refractivity contribution in [1.29, 1.82) is 0 Å². The normalized spacial score (nSPS) is 21.2. The third-order valence-electron chi connectivity index (χ3n) is 3.45. The Bertz CT molecular complexity index is 397. The maximum atomic E-state index is 5.41. The molecule has 1 aromatic heterocycles. The van der Waals surface area contributed by atoms with Crippen molar-refractivity contribution < 1.29 is 4.74 Å². The van der Waals surface area contributed by atoms with E-state index in [9.17, 15) is 0 Å². The van der Waals surface area contributed by atoms with Gasteiger partial charge in [0, 0.05) is 48.6 Å². The van der Waals surface area contributed by atoms with Crippen LogP contribution in [0.3, 0.4) is 0 Å². The quantitative estimate of drug-likeness (QED) is 0.899. The van der Waals surface area contributed by atoms with Gasteiger partial charge in [0.05, 0.1) is 6.10 Å². The second-order valence-electron chi connectivity index (χ2n) is 6.35.